The smallest absolute Gasteiger partial charge is 0.404 e. The van der Waals surface area contributed by atoms with Gasteiger partial charge < -0.3 is 9.63 Å². The van der Waals surface area contributed by atoms with Crippen molar-refractivity contribution < 1.29 is 27.6 Å². The molecule has 0 spiro atoms. The Morgan fingerprint density at radius 1 is 1.29 bits per heavy atom. The van der Waals surface area contributed by atoms with Crippen LogP contribution in [0.4, 0.5) is 13.2 Å². The number of benzene rings is 1. The maximum atomic E-state index is 13.5. The molecule has 0 aliphatic heterocycles. The summed E-state index contributed by atoms with van der Waals surface area (Å²) in [6, 6.07) is 4.46. The largest absolute Gasteiger partial charge is 0.480 e. The Balaban J connectivity index is 1.53. The van der Waals surface area contributed by atoms with Crippen molar-refractivity contribution in [3.8, 4) is 23.0 Å². The van der Waals surface area contributed by atoms with Crippen LogP contribution in [0.1, 0.15) is 37.1 Å². The fourth-order valence-electron chi connectivity index (χ4n) is 4.56. The van der Waals surface area contributed by atoms with E-state index in [4.69, 9.17) is 9.63 Å². The number of carboxylic acid groups (broad SMARTS) is 1. The highest BCUT2D eigenvalue weighted by atomic mass is 19.4. The summed E-state index contributed by atoms with van der Waals surface area (Å²) in [5, 5.41) is 17.5. The van der Waals surface area contributed by atoms with E-state index in [9.17, 15) is 18.0 Å². The van der Waals surface area contributed by atoms with Crippen molar-refractivity contribution >= 4 is 5.97 Å². The molecule has 1 aromatic carbocycles. The van der Waals surface area contributed by atoms with Gasteiger partial charge in [-0.15, -0.1) is 0 Å². The zero-order chi connectivity index (χ0) is 25.5. The molecule has 1 aliphatic rings. The third kappa shape index (κ3) is 5.39. The monoisotopic (exact) mass is 491 g/mol. The second kappa shape index (κ2) is 9.10. The van der Waals surface area contributed by atoms with Gasteiger partial charge in [-0.25, -0.2) is 0 Å². The number of halogens is 3. The lowest BCUT2D eigenvalue weighted by Gasteiger charge is -2.29. The molecule has 11 heteroatoms. The number of nitrogens with zero attached hydrogens (tertiary/aromatic N) is 5. The summed E-state index contributed by atoms with van der Waals surface area (Å²) in [6.07, 6.45) is -2.13. The molecule has 2 heterocycles. The molecule has 0 radical (unpaired) electrons. The molecule has 8 nitrogen and oxygen atoms in total. The van der Waals surface area contributed by atoms with E-state index in [1.165, 1.54) is 0 Å². The molecule has 1 aliphatic carbocycles. The van der Waals surface area contributed by atoms with Crippen LogP contribution in [-0.2, 0) is 31.1 Å². The number of aryl methyl sites for hydroxylation is 1. The Hall–Kier alpha value is -3.21. The van der Waals surface area contributed by atoms with E-state index in [1.54, 1.807) is 24.3 Å². The van der Waals surface area contributed by atoms with E-state index < -0.39 is 24.7 Å². The average molecular weight is 492 g/mol. The Bertz CT molecular complexity index is 1210. The molecule has 0 saturated carbocycles. The van der Waals surface area contributed by atoms with E-state index in [2.05, 4.69) is 29.1 Å². The number of hydrogen-bond donors (Lipinski definition) is 1. The van der Waals surface area contributed by atoms with Gasteiger partial charge in [0.2, 0.25) is 5.82 Å². The first-order valence-electron chi connectivity index (χ1n) is 11.3. The van der Waals surface area contributed by atoms with Gasteiger partial charge in [-0.3, -0.25) is 14.4 Å². The van der Waals surface area contributed by atoms with Crippen LogP contribution in [0.5, 0.6) is 0 Å². The number of fused-ring (bicyclic) bond motifs is 1. The second-order valence-corrected chi connectivity index (χ2v) is 9.93. The van der Waals surface area contributed by atoms with Crippen molar-refractivity contribution in [3.63, 3.8) is 0 Å². The summed E-state index contributed by atoms with van der Waals surface area (Å²) >= 11 is 0. The van der Waals surface area contributed by atoms with E-state index >= 15 is 0 Å². The normalized spacial score (nSPS) is 16.3. The van der Waals surface area contributed by atoms with Gasteiger partial charge in [0.1, 0.15) is 6.04 Å². The van der Waals surface area contributed by atoms with Crippen LogP contribution < -0.4 is 0 Å². The molecule has 1 unspecified atom stereocenters. The van der Waals surface area contributed by atoms with Crippen LogP contribution in [-0.4, -0.2) is 61.7 Å². The number of carboxylic acids is 1. The highest BCUT2D eigenvalue weighted by molar-refractivity contribution is 5.69. The molecule has 0 saturated heterocycles. The predicted octanol–water partition coefficient (Wildman–Crippen LogP) is 4.14. The van der Waals surface area contributed by atoms with Gasteiger partial charge in [0, 0.05) is 23.9 Å². The van der Waals surface area contributed by atoms with Gasteiger partial charge in [0.25, 0.3) is 5.89 Å². The third-order valence-electron chi connectivity index (χ3n) is 6.54. The number of rotatable bonds is 7. The molecule has 35 heavy (non-hydrogen) atoms. The molecule has 1 atom stereocenters. The highest BCUT2D eigenvalue weighted by Gasteiger charge is 2.42. The zero-order valence-corrected chi connectivity index (χ0v) is 20.1. The van der Waals surface area contributed by atoms with E-state index in [0.29, 0.717) is 28.5 Å². The van der Waals surface area contributed by atoms with Gasteiger partial charge in [-0.2, -0.15) is 23.3 Å². The first-order chi connectivity index (χ1) is 16.3. The Morgan fingerprint density at radius 3 is 2.60 bits per heavy atom. The number of carbonyl (C=O) groups is 1. The van der Waals surface area contributed by atoms with Crippen molar-refractivity contribution in [1.82, 2.24) is 24.8 Å². The summed E-state index contributed by atoms with van der Waals surface area (Å²) in [5.41, 5.74) is 4.15. The third-order valence-corrected chi connectivity index (χ3v) is 6.54. The van der Waals surface area contributed by atoms with Crippen LogP contribution >= 0.6 is 0 Å². The summed E-state index contributed by atoms with van der Waals surface area (Å²) in [6.45, 7) is 3.76. The van der Waals surface area contributed by atoms with Gasteiger partial charge in [-0.1, -0.05) is 43.3 Å². The molecule has 3 aromatic rings. The highest BCUT2D eigenvalue weighted by Crippen LogP contribution is 2.38. The Morgan fingerprint density at radius 2 is 1.97 bits per heavy atom. The van der Waals surface area contributed by atoms with Gasteiger partial charge in [0.15, 0.2) is 5.69 Å². The van der Waals surface area contributed by atoms with Crippen LogP contribution in [0.3, 0.4) is 0 Å². The van der Waals surface area contributed by atoms with Gasteiger partial charge in [-0.05, 0) is 43.7 Å². The molecule has 0 bridgehead atoms. The minimum absolute atomic E-state index is 0.202. The topological polar surface area (TPSA) is 97.3 Å². The Kier molecular flexibility index (Phi) is 6.48. The van der Waals surface area contributed by atoms with Gasteiger partial charge in [0.05, 0.1) is 6.54 Å². The molecule has 0 fully saturated rings. The standard InChI is InChI=1S/C24H28F3N5O3/c1-23(2)10-9-16-17(12-23)32(4)29-20(16)22-28-21(30-35-22)15-7-5-14(6-8-15)11-18(24(25,26)27)31(3)13-19(33)34/h5-8,18H,9-13H2,1-4H3,(H,33,34). The minimum Gasteiger partial charge on any atom is -0.480 e. The number of aliphatic carboxylic acids is 1. The van der Waals surface area contributed by atoms with Crippen molar-refractivity contribution in [2.45, 2.75) is 51.7 Å². The summed E-state index contributed by atoms with van der Waals surface area (Å²) in [7, 11) is 3.06. The van der Waals surface area contributed by atoms with Crippen molar-refractivity contribution in [2.75, 3.05) is 13.6 Å². The fraction of sp³-hybridized carbons (Fsp3) is 0.500. The van der Waals surface area contributed by atoms with Crippen molar-refractivity contribution in [2.24, 2.45) is 12.5 Å². The fourth-order valence-corrected chi connectivity index (χ4v) is 4.56. The minimum atomic E-state index is -4.57. The predicted molar refractivity (Wildman–Crippen MR) is 122 cm³/mol. The van der Waals surface area contributed by atoms with E-state index in [-0.39, 0.29) is 11.8 Å². The quantitative estimate of drug-likeness (QED) is 0.531. The summed E-state index contributed by atoms with van der Waals surface area (Å²) in [5.74, 6) is -0.687. The zero-order valence-electron chi connectivity index (χ0n) is 20.1. The molecular weight excluding hydrogens is 463 g/mol. The molecule has 188 valence electrons. The first-order valence-corrected chi connectivity index (χ1v) is 11.3. The van der Waals surface area contributed by atoms with Crippen LogP contribution in [0.15, 0.2) is 28.8 Å². The van der Waals surface area contributed by atoms with Crippen LogP contribution in [0, 0.1) is 5.41 Å². The van der Waals surface area contributed by atoms with Crippen molar-refractivity contribution in [3.05, 3.63) is 41.1 Å². The lowest BCUT2D eigenvalue weighted by molar-refractivity contribution is -0.182. The molecule has 4 rings (SSSR count). The van der Waals surface area contributed by atoms with E-state index in [0.717, 1.165) is 42.5 Å². The first kappa shape index (κ1) is 24.9. The SMILES string of the molecule is CN(CC(=O)O)C(Cc1ccc(-c2noc(-c3nn(C)c4c3CCC(C)(C)C4)n2)cc1)C(F)(F)F. The molecular formula is C24H28F3N5O3. The lowest BCUT2D eigenvalue weighted by Crippen LogP contribution is -2.47. The summed E-state index contributed by atoms with van der Waals surface area (Å²) in [4.78, 5) is 16.2. The van der Waals surface area contributed by atoms with Crippen molar-refractivity contribution in [1.29, 1.82) is 0 Å². The molecule has 0 amide bonds. The number of hydrogen-bond acceptors (Lipinski definition) is 6. The number of aromatic nitrogens is 4. The van der Waals surface area contributed by atoms with Gasteiger partial charge >= 0.3 is 12.1 Å². The van der Waals surface area contributed by atoms with Crippen LogP contribution in [0.2, 0.25) is 0 Å². The second-order valence-electron chi connectivity index (χ2n) is 9.93. The van der Waals surface area contributed by atoms with E-state index in [1.807, 2.05) is 11.7 Å². The Labute approximate surface area is 200 Å². The summed E-state index contributed by atoms with van der Waals surface area (Å²) < 4.78 is 47.9. The lowest BCUT2D eigenvalue weighted by atomic mass is 9.76. The van der Waals surface area contributed by atoms with Crippen LogP contribution in [0.25, 0.3) is 23.0 Å². The number of alkyl halides is 3. The average Bonchev–Trinajstić information content (AvgIpc) is 3.35. The maximum absolute atomic E-state index is 13.5. The molecule has 2 aromatic heterocycles. The molecule has 1 N–H and O–H groups in total. The maximum Gasteiger partial charge on any atom is 0.404 e. The number of likely N-dealkylation sites (N-methyl/N-ethyl adjacent to an activating group) is 1.